The minimum Gasteiger partial charge on any atom is -0.459 e. The standard InChI is InChI=1S/C17H24N2O/c1-13(2)18-11-17-15(12-19-9-5-6-10-19)14-7-3-4-8-16(14)20-17/h3-4,7-8,13,18H,5-6,9-12H2,1-2H3. The number of likely N-dealkylation sites (tertiary alicyclic amines) is 1. The molecule has 108 valence electrons. The largest absolute Gasteiger partial charge is 0.459 e. The zero-order chi connectivity index (χ0) is 13.9. The van der Waals surface area contributed by atoms with E-state index in [4.69, 9.17) is 4.42 Å². The molecule has 1 aliphatic heterocycles. The molecule has 1 aromatic carbocycles. The molecule has 1 aromatic heterocycles. The van der Waals surface area contributed by atoms with Crippen LogP contribution in [0.25, 0.3) is 11.0 Å². The lowest BCUT2D eigenvalue weighted by atomic mass is 10.1. The van der Waals surface area contributed by atoms with Crippen molar-refractivity contribution in [2.45, 2.75) is 45.8 Å². The van der Waals surface area contributed by atoms with Crippen LogP contribution in [0.3, 0.4) is 0 Å². The molecule has 1 N–H and O–H groups in total. The van der Waals surface area contributed by atoms with Gasteiger partial charge in [-0.25, -0.2) is 0 Å². The van der Waals surface area contributed by atoms with E-state index in [-0.39, 0.29) is 0 Å². The van der Waals surface area contributed by atoms with Gasteiger partial charge in [0, 0.05) is 23.5 Å². The van der Waals surface area contributed by atoms with Crippen molar-refractivity contribution in [2.24, 2.45) is 0 Å². The molecule has 2 aromatic rings. The molecule has 20 heavy (non-hydrogen) atoms. The van der Waals surface area contributed by atoms with Crippen molar-refractivity contribution >= 4 is 11.0 Å². The first kappa shape index (κ1) is 13.7. The second kappa shape index (κ2) is 5.98. The Labute approximate surface area is 120 Å². The molecule has 0 spiro atoms. The Hall–Kier alpha value is -1.32. The van der Waals surface area contributed by atoms with Crippen molar-refractivity contribution in [3.05, 3.63) is 35.6 Å². The fraction of sp³-hybridized carbons (Fsp3) is 0.529. The van der Waals surface area contributed by atoms with Gasteiger partial charge in [-0.2, -0.15) is 0 Å². The summed E-state index contributed by atoms with van der Waals surface area (Å²) in [7, 11) is 0. The third kappa shape index (κ3) is 2.89. The number of hydrogen-bond donors (Lipinski definition) is 1. The molecule has 3 rings (SSSR count). The first-order chi connectivity index (χ1) is 9.74. The Balaban J connectivity index is 1.90. The summed E-state index contributed by atoms with van der Waals surface area (Å²) in [6.45, 7) is 8.61. The van der Waals surface area contributed by atoms with Crippen molar-refractivity contribution in [1.29, 1.82) is 0 Å². The van der Waals surface area contributed by atoms with E-state index in [1.807, 2.05) is 6.07 Å². The van der Waals surface area contributed by atoms with Gasteiger partial charge in [0.15, 0.2) is 0 Å². The predicted molar refractivity (Wildman–Crippen MR) is 82.7 cm³/mol. The third-order valence-electron chi connectivity index (χ3n) is 4.03. The van der Waals surface area contributed by atoms with Crippen molar-refractivity contribution in [3.8, 4) is 0 Å². The Kier molecular flexibility index (Phi) is 4.08. The molecule has 2 heterocycles. The summed E-state index contributed by atoms with van der Waals surface area (Å²) < 4.78 is 6.07. The van der Waals surface area contributed by atoms with Crippen LogP contribution in [0.2, 0.25) is 0 Å². The first-order valence-electron chi connectivity index (χ1n) is 7.69. The zero-order valence-corrected chi connectivity index (χ0v) is 12.5. The van der Waals surface area contributed by atoms with Crippen molar-refractivity contribution in [3.63, 3.8) is 0 Å². The maximum absolute atomic E-state index is 6.07. The molecular weight excluding hydrogens is 248 g/mol. The number of fused-ring (bicyclic) bond motifs is 1. The molecule has 0 aliphatic carbocycles. The fourth-order valence-corrected chi connectivity index (χ4v) is 2.93. The van der Waals surface area contributed by atoms with E-state index in [0.29, 0.717) is 6.04 Å². The molecule has 0 saturated carbocycles. The van der Waals surface area contributed by atoms with E-state index >= 15 is 0 Å². The van der Waals surface area contributed by atoms with Crippen LogP contribution >= 0.6 is 0 Å². The zero-order valence-electron chi connectivity index (χ0n) is 12.5. The second-order valence-electron chi connectivity index (χ2n) is 6.02. The molecule has 0 radical (unpaired) electrons. The van der Waals surface area contributed by atoms with Gasteiger partial charge >= 0.3 is 0 Å². The minimum absolute atomic E-state index is 0.475. The summed E-state index contributed by atoms with van der Waals surface area (Å²) in [5.41, 5.74) is 2.39. The molecule has 0 amide bonds. The van der Waals surface area contributed by atoms with Crippen LogP contribution < -0.4 is 5.32 Å². The highest BCUT2D eigenvalue weighted by molar-refractivity contribution is 5.82. The van der Waals surface area contributed by atoms with E-state index in [1.165, 1.54) is 36.9 Å². The fourth-order valence-electron chi connectivity index (χ4n) is 2.93. The number of benzene rings is 1. The Morgan fingerprint density at radius 3 is 2.70 bits per heavy atom. The van der Waals surface area contributed by atoms with Gasteiger partial charge in [-0.3, -0.25) is 4.90 Å². The number of para-hydroxylation sites is 1. The highest BCUT2D eigenvalue weighted by atomic mass is 16.3. The maximum atomic E-state index is 6.07. The molecule has 3 nitrogen and oxygen atoms in total. The number of rotatable bonds is 5. The van der Waals surface area contributed by atoms with Gasteiger partial charge in [0.1, 0.15) is 11.3 Å². The summed E-state index contributed by atoms with van der Waals surface area (Å²) in [5, 5.41) is 4.75. The molecule has 0 bridgehead atoms. The lowest BCUT2D eigenvalue weighted by molar-refractivity contribution is 0.327. The number of nitrogens with zero attached hydrogens (tertiary/aromatic N) is 1. The minimum atomic E-state index is 0.475. The molecule has 3 heteroatoms. The second-order valence-corrected chi connectivity index (χ2v) is 6.02. The molecule has 0 unspecified atom stereocenters. The van der Waals surface area contributed by atoms with Gasteiger partial charge in [0.25, 0.3) is 0 Å². The van der Waals surface area contributed by atoms with Crippen LogP contribution in [0.15, 0.2) is 28.7 Å². The Morgan fingerprint density at radius 1 is 1.20 bits per heavy atom. The van der Waals surface area contributed by atoms with E-state index in [2.05, 4.69) is 42.3 Å². The summed E-state index contributed by atoms with van der Waals surface area (Å²) in [4.78, 5) is 2.54. The number of hydrogen-bond acceptors (Lipinski definition) is 3. The van der Waals surface area contributed by atoms with Gasteiger partial charge < -0.3 is 9.73 Å². The highest BCUT2D eigenvalue weighted by Crippen LogP contribution is 2.28. The monoisotopic (exact) mass is 272 g/mol. The number of furan rings is 1. The van der Waals surface area contributed by atoms with E-state index in [1.54, 1.807) is 0 Å². The van der Waals surface area contributed by atoms with Crippen LogP contribution in [0.5, 0.6) is 0 Å². The average molecular weight is 272 g/mol. The molecule has 0 atom stereocenters. The summed E-state index contributed by atoms with van der Waals surface area (Å²) in [6.07, 6.45) is 2.66. The molecule has 1 fully saturated rings. The molecule has 1 saturated heterocycles. The topological polar surface area (TPSA) is 28.4 Å². The van der Waals surface area contributed by atoms with Crippen LogP contribution in [0, 0.1) is 0 Å². The lowest BCUT2D eigenvalue weighted by Gasteiger charge is -2.15. The van der Waals surface area contributed by atoms with Crippen LogP contribution in [-0.2, 0) is 13.1 Å². The Morgan fingerprint density at radius 2 is 1.95 bits per heavy atom. The smallest absolute Gasteiger partial charge is 0.134 e. The van der Waals surface area contributed by atoms with Crippen molar-refractivity contribution in [2.75, 3.05) is 13.1 Å². The first-order valence-corrected chi connectivity index (χ1v) is 7.69. The summed E-state index contributed by atoms with van der Waals surface area (Å²) in [6, 6.07) is 8.88. The van der Waals surface area contributed by atoms with Gasteiger partial charge in [0.2, 0.25) is 0 Å². The van der Waals surface area contributed by atoms with Crippen molar-refractivity contribution < 1.29 is 4.42 Å². The third-order valence-corrected chi connectivity index (χ3v) is 4.03. The van der Waals surface area contributed by atoms with Gasteiger partial charge in [-0.1, -0.05) is 32.0 Å². The van der Waals surface area contributed by atoms with Crippen LogP contribution in [-0.4, -0.2) is 24.0 Å². The average Bonchev–Trinajstić information content (AvgIpc) is 3.05. The SMILES string of the molecule is CC(C)NCc1oc2ccccc2c1CN1CCCC1. The van der Waals surface area contributed by atoms with E-state index in [0.717, 1.165) is 24.4 Å². The summed E-state index contributed by atoms with van der Waals surface area (Å²) in [5.74, 6) is 1.10. The predicted octanol–water partition coefficient (Wildman–Crippen LogP) is 3.53. The quantitative estimate of drug-likeness (QED) is 0.902. The van der Waals surface area contributed by atoms with Crippen molar-refractivity contribution in [1.82, 2.24) is 10.2 Å². The Bertz CT molecular complexity index is 567. The van der Waals surface area contributed by atoms with E-state index < -0.39 is 0 Å². The number of nitrogens with one attached hydrogen (secondary N) is 1. The normalized spacial score (nSPS) is 16.6. The van der Waals surface area contributed by atoms with Crippen LogP contribution in [0.1, 0.15) is 38.0 Å². The maximum Gasteiger partial charge on any atom is 0.134 e. The lowest BCUT2D eigenvalue weighted by Crippen LogP contribution is -2.23. The summed E-state index contributed by atoms with van der Waals surface area (Å²) >= 11 is 0. The van der Waals surface area contributed by atoms with Gasteiger partial charge in [-0.15, -0.1) is 0 Å². The van der Waals surface area contributed by atoms with E-state index in [9.17, 15) is 0 Å². The van der Waals surface area contributed by atoms with Gasteiger partial charge in [-0.05, 0) is 32.0 Å². The molecule has 1 aliphatic rings. The highest BCUT2D eigenvalue weighted by Gasteiger charge is 2.19. The van der Waals surface area contributed by atoms with Gasteiger partial charge in [0.05, 0.1) is 6.54 Å². The molecular formula is C17H24N2O. The van der Waals surface area contributed by atoms with Crippen LogP contribution in [0.4, 0.5) is 0 Å².